The first-order chi connectivity index (χ1) is 11.7. The van der Waals surface area contributed by atoms with E-state index in [9.17, 15) is 9.59 Å². The smallest absolute Gasteiger partial charge is 0.341 e. The lowest BCUT2D eigenvalue weighted by Crippen LogP contribution is -2.30. The number of carbonyl (C=O) groups excluding carboxylic acids is 2. The lowest BCUT2D eigenvalue weighted by molar-refractivity contribution is -0.124. The van der Waals surface area contributed by atoms with Gasteiger partial charge in [-0.3, -0.25) is 4.79 Å². The van der Waals surface area contributed by atoms with E-state index in [0.29, 0.717) is 26.2 Å². The van der Waals surface area contributed by atoms with Gasteiger partial charge in [0.2, 0.25) is 0 Å². The van der Waals surface area contributed by atoms with E-state index in [-0.39, 0.29) is 18.1 Å². The Bertz CT molecular complexity index is 710. The van der Waals surface area contributed by atoms with Crippen LogP contribution >= 0.6 is 0 Å². The molecule has 7 nitrogen and oxygen atoms in total. The van der Waals surface area contributed by atoms with Crippen molar-refractivity contribution in [1.82, 2.24) is 5.32 Å². The van der Waals surface area contributed by atoms with Crippen LogP contribution in [0.25, 0.3) is 0 Å². The fourth-order valence-electron chi connectivity index (χ4n) is 2.24. The normalized spacial score (nSPS) is 12.5. The van der Waals surface area contributed by atoms with Crippen LogP contribution in [-0.4, -0.2) is 38.2 Å². The van der Waals surface area contributed by atoms with Gasteiger partial charge in [0.05, 0.1) is 11.8 Å². The number of carbonyl (C=O) groups is 2. The third-order valence-corrected chi connectivity index (χ3v) is 3.43. The SMILES string of the molecule is O=C(COC(=O)c1ccoc1)NCCc1ccc2c(c1)OCCO2. The highest BCUT2D eigenvalue weighted by Crippen LogP contribution is 2.30. The topological polar surface area (TPSA) is 87.0 Å². The van der Waals surface area contributed by atoms with Crippen molar-refractivity contribution in [3.05, 3.63) is 47.9 Å². The fourth-order valence-corrected chi connectivity index (χ4v) is 2.24. The third kappa shape index (κ3) is 4.07. The molecule has 0 atom stereocenters. The first kappa shape index (κ1) is 15.9. The number of furan rings is 1. The molecule has 1 aliphatic rings. The van der Waals surface area contributed by atoms with Gasteiger partial charge in [-0.1, -0.05) is 6.07 Å². The van der Waals surface area contributed by atoms with Crippen LogP contribution in [-0.2, 0) is 16.0 Å². The minimum atomic E-state index is -0.592. The molecule has 0 unspecified atom stereocenters. The Hall–Kier alpha value is -2.96. The Morgan fingerprint density at radius 2 is 1.96 bits per heavy atom. The van der Waals surface area contributed by atoms with Crippen molar-refractivity contribution < 1.29 is 28.2 Å². The van der Waals surface area contributed by atoms with Crippen molar-refractivity contribution in [3.63, 3.8) is 0 Å². The second-order valence-electron chi connectivity index (χ2n) is 5.17. The number of amides is 1. The molecule has 1 aromatic carbocycles. The summed E-state index contributed by atoms with van der Waals surface area (Å²) < 4.78 is 20.6. The number of hydrogen-bond acceptors (Lipinski definition) is 6. The summed E-state index contributed by atoms with van der Waals surface area (Å²) in [7, 11) is 0. The summed E-state index contributed by atoms with van der Waals surface area (Å²) in [5, 5.41) is 2.70. The molecule has 0 saturated carbocycles. The van der Waals surface area contributed by atoms with Gasteiger partial charge in [-0.25, -0.2) is 4.79 Å². The molecule has 0 fully saturated rings. The van der Waals surface area contributed by atoms with E-state index >= 15 is 0 Å². The van der Waals surface area contributed by atoms with E-state index in [1.165, 1.54) is 18.6 Å². The maximum absolute atomic E-state index is 11.7. The highest BCUT2D eigenvalue weighted by atomic mass is 16.6. The summed E-state index contributed by atoms with van der Waals surface area (Å²) in [4.78, 5) is 23.2. The van der Waals surface area contributed by atoms with E-state index < -0.39 is 5.97 Å². The molecule has 0 bridgehead atoms. The quantitative estimate of drug-likeness (QED) is 0.809. The average Bonchev–Trinajstić information content (AvgIpc) is 3.14. The lowest BCUT2D eigenvalue weighted by Gasteiger charge is -2.18. The van der Waals surface area contributed by atoms with Gasteiger partial charge < -0.3 is 23.9 Å². The standard InChI is InChI=1S/C17H17NO6/c19-16(11-24-17(20)13-4-6-21-10-13)18-5-3-12-1-2-14-15(9-12)23-8-7-22-14/h1-2,4,6,9-10H,3,5,7-8,11H2,(H,18,19). The predicted molar refractivity (Wildman–Crippen MR) is 83.1 cm³/mol. The number of hydrogen-bond donors (Lipinski definition) is 1. The fraction of sp³-hybridized carbons (Fsp3) is 0.294. The molecular weight excluding hydrogens is 314 g/mol. The molecule has 7 heteroatoms. The largest absolute Gasteiger partial charge is 0.486 e. The van der Waals surface area contributed by atoms with E-state index in [1.54, 1.807) is 0 Å². The Kier molecular flexibility index (Phi) is 5.00. The number of benzene rings is 1. The Morgan fingerprint density at radius 1 is 1.12 bits per heavy atom. The number of nitrogens with one attached hydrogen (secondary N) is 1. The van der Waals surface area contributed by atoms with E-state index in [2.05, 4.69) is 5.32 Å². The maximum atomic E-state index is 11.7. The molecule has 1 aliphatic heterocycles. The Balaban J connectivity index is 1.40. The van der Waals surface area contributed by atoms with Gasteiger partial charge in [0, 0.05) is 6.54 Å². The number of fused-ring (bicyclic) bond motifs is 1. The van der Waals surface area contributed by atoms with Gasteiger partial charge in [-0.15, -0.1) is 0 Å². The average molecular weight is 331 g/mol. The van der Waals surface area contributed by atoms with Crippen LogP contribution in [0.5, 0.6) is 11.5 Å². The molecular formula is C17H17NO6. The molecule has 2 aromatic rings. The predicted octanol–water partition coefficient (Wildman–Crippen LogP) is 1.57. The highest BCUT2D eigenvalue weighted by molar-refractivity contribution is 5.90. The number of ether oxygens (including phenoxy) is 3. The molecule has 0 radical (unpaired) electrons. The van der Waals surface area contributed by atoms with Gasteiger partial charge in [0.15, 0.2) is 18.1 Å². The molecule has 0 saturated heterocycles. The van der Waals surface area contributed by atoms with E-state index in [4.69, 9.17) is 18.6 Å². The van der Waals surface area contributed by atoms with Gasteiger partial charge >= 0.3 is 5.97 Å². The van der Waals surface area contributed by atoms with Crippen LogP contribution in [0.2, 0.25) is 0 Å². The first-order valence-corrected chi connectivity index (χ1v) is 7.57. The summed E-state index contributed by atoms with van der Waals surface area (Å²) in [6.07, 6.45) is 3.27. The number of rotatable bonds is 6. The van der Waals surface area contributed by atoms with Crippen LogP contribution in [0.3, 0.4) is 0 Å². The zero-order valence-corrected chi connectivity index (χ0v) is 12.9. The molecule has 1 aromatic heterocycles. The maximum Gasteiger partial charge on any atom is 0.341 e. The first-order valence-electron chi connectivity index (χ1n) is 7.57. The summed E-state index contributed by atoms with van der Waals surface area (Å²) in [6, 6.07) is 7.17. The van der Waals surface area contributed by atoms with Crippen LogP contribution in [0.1, 0.15) is 15.9 Å². The molecule has 0 spiro atoms. The van der Waals surface area contributed by atoms with Gasteiger partial charge in [-0.05, 0) is 30.2 Å². The number of esters is 1. The lowest BCUT2D eigenvalue weighted by atomic mass is 10.1. The van der Waals surface area contributed by atoms with Gasteiger partial charge in [0.1, 0.15) is 19.5 Å². The molecule has 0 aliphatic carbocycles. The Morgan fingerprint density at radius 3 is 2.75 bits per heavy atom. The summed E-state index contributed by atoms with van der Waals surface area (Å²) in [5.74, 6) is 0.509. The van der Waals surface area contributed by atoms with E-state index in [0.717, 1.165) is 17.1 Å². The van der Waals surface area contributed by atoms with Crippen LogP contribution in [0, 0.1) is 0 Å². The van der Waals surface area contributed by atoms with Crippen LogP contribution < -0.4 is 14.8 Å². The molecule has 1 N–H and O–H groups in total. The molecule has 24 heavy (non-hydrogen) atoms. The Labute approximate surface area is 138 Å². The van der Waals surface area contributed by atoms with Crippen molar-refractivity contribution in [2.24, 2.45) is 0 Å². The molecule has 126 valence electrons. The second kappa shape index (κ2) is 7.54. The molecule has 3 rings (SSSR count). The zero-order chi connectivity index (χ0) is 16.8. The van der Waals surface area contributed by atoms with Crippen LogP contribution in [0.4, 0.5) is 0 Å². The van der Waals surface area contributed by atoms with E-state index in [1.807, 2.05) is 18.2 Å². The monoisotopic (exact) mass is 331 g/mol. The van der Waals surface area contributed by atoms with Crippen LogP contribution in [0.15, 0.2) is 41.2 Å². The third-order valence-electron chi connectivity index (χ3n) is 3.43. The van der Waals surface area contributed by atoms with Crippen molar-refractivity contribution in [3.8, 4) is 11.5 Å². The van der Waals surface area contributed by atoms with Crippen molar-refractivity contribution in [2.45, 2.75) is 6.42 Å². The molecule has 1 amide bonds. The summed E-state index contributed by atoms with van der Waals surface area (Å²) in [5.41, 5.74) is 1.30. The van der Waals surface area contributed by atoms with Crippen molar-refractivity contribution in [2.75, 3.05) is 26.4 Å². The van der Waals surface area contributed by atoms with Gasteiger partial charge in [-0.2, -0.15) is 0 Å². The minimum Gasteiger partial charge on any atom is -0.486 e. The van der Waals surface area contributed by atoms with Crippen molar-refractivity contribution >= 4 is 11.9 Å². The minimum absolute atomic E-state index is 0.277. The summed E-state index contributed by atoms with van der Waals surface area (Å²) in [6.45, 7) is 1.20. The highest BCUT2D eigenvalue weighted by Gasteiger charge is 2.13. The summed E-state index contributed by atoms with van der Waals surface area (Å²) >= 11 is 0. The molecule has 2 heterocycles. The zero-order valence-electron chi connectivity index (χ0n) is 12.9. The van der Waals surface area contributed by atoms with Crippen molar-refractivity contribution in [1.29, 1.82) is 0 Å². The van der Waals surface area contributed by atoms with Gasteiger partial charge in [0.25, 0.3) is 5.91 Å². The second-order valence-corrected chi connectivity index (χ2v) is 5.17.